The predicted octanol–water partition coefficient (Wildman–Crippen LogP) is 1.38. The Morgan fingerprint density at radius 1 is 1.35 bits per heavy atom. The molecule has 0 spiro atoms. The molecule has 1 aliphatic rings. The molecule has 20 heavy (non-hydrogen) atoms. The quantitative estimate of drug-likeness (QED) is 0.627. The van der Waals surface area contributed by atoms with Gasteiger partial charge in [0, 0.05) is 18.2 Å². The summed E-state index contributed by atoms with van der Waals surface area (Å²) in [5, 5.41) is 13.6. The van der Waals surface area contributed by atoms with E-state index in [1.165, 1.54) is 12.1 Å². The van der Waals surface area contributed by atoms with Crippen molar-refractivity contribution in [1.29, 1.82) is 0 Å². The number of carbonyl (C=O) groups is 1. The molecule has 2 unspecified atom stereocenters. The van der Waals surface area contributed by atoms with Crippen LogP contribution in [0.4, 0.5) is 5.69 Å². The van der Waals surface area contributed by atoms with E-state index in [1.54, 1.807) is 12.1 Å². The van der Waals surface area contributed by atoms with Gasteiger partial charge >= 0.3 is 0 Å². The molecule has 1 aromatic carbocycles. The van der Waals surface area contributed by atoms with Gasteiger partial charge in [-0.1, -0.05) is 18.6 Å². The summed E-state index contributed by atoms with van der Waals surface area (Å²) in [5.41, 5.74) is 6.49. The summed E-state index contributed by atoms with van der Waals surface area (Å²) in [7, 11) is 0. The number of nitrogens with two attached hydrogens (primary N) is 1. The third-order valence-corrected chi connectivity index (χ3v) is 3.82. The van der Waals surface area contributed by atoms with E-state index in [0.29, 0.717) is 12.5 Å². The number of carbonyl (C=O) groups excluding carboxylic acids is 1. The second kappa shape index (κ2) is 6.47. The Morgan fingerprint density at radius 2 is 2.05 bits per heavy atom. The normalized spacial score (nSPS) is 21.6. The molecule has 1 fully saturated rings. The second-order valence-electron chi connectivity index (χ2n) is 5.20. The van der Waals surface area contributed by atoms with Gasteiger partial charge in [-0.2, -0.15) is 0 Å². The number of nitrogens with zero attached hydrogens (tertiary/aromatic N) is 1. The van der Waals surface area contributed by atoms with Gasteiger partial charge in [0.05, 0.1) is 11.3 Å². The minimum atomic E-state index is -0.450. The number of hydrogen-bond donors (Lipinski definition) is 2. The summed E-state index contributed by atoms with van der Waals surface area (Å²) in [6, 6.07) is 6.24. The van der Waals surface area contributed by atoms with Crippen molar-refractivity contribution in [3.05, 3.63) is 39.9 Å². The first-order valence-corrected chi connectivity index (χ1v) is 6.83. The van der Waals surface area contributed by atoms with E-state index in [-0.39, 0.29) is 24.1 Å². The van der Waals surface area contributed by atoms with Crippen LogP contribution in [0.5, 0.6) is 0 Å². The molecular formula is C14H19N3O3. The summed E-state index contributed by atoms with van der Waals surface area (Å²) in [5.74, 6) is 0.319. The van der Waals surface area contributed by atoms with E-state index in [4.69, 9.17) is 5.73 Å². The zero-order valence-corrected chi connectivity index (χ0v) is 11.2. The lowest BCUT2D eigenvalue weighted by atomic mass is 10.0. The average molecular weight is 277 g/mol. The Bertz CT molecular complexity index is 487. The van der Waals surface area contributed by atoms with E-state index in [9.17, 15) is 14.9 Å². The number of hydrogen-bond acceptors (Lipinski definition) is 4. The molecule has 0 heterocycles. The topological polar surface area (TPSA) is 98.3 Å². The van der Waals surface area contributed by atoms with E-state index in [2.05, 4.69) is 5.32 Å². The van der Waals surface area contributed by atoms with Crippen molar-refractivity contribution in [3.63, 3.8) is 0 Å². The van der Waals surface area contributed by atoms with E-state index >= 15 is 0 Å². The molecule has 0 bridgehead atoms. The van der Waals surface area contributed by atoms with Crippen molar-refractivity contribution in [1.82, 2.24) is 5.32 Å². The molecule has 2 atom stereocenters. The summed E-state index contributed by atoms with van der Waals surface area (Å²) in [6.07, 6.45) is 3.39. The molecule has 0 radical (unpaired) electrons. The Labute approximate surface area is 117 Å². The van der Waals surface area contributed by atoms with Crippen LogP contribution >= 0.6 is 0 Å². The maximum atomic E-state index is 12.0. The van der Waals surface area contributed by atoms with Gasteiger partial charge in [0.25, 0.3) is 5.69 Å². The number of nitro benzene ring substituents is 1. The third-order valence-electron chi connectivity index (χ3n) is 3.82. The fraction of sp³-hybridized carbons (Fsp3) is 0.500. The van der Waals surface area contributed by atoms with Crippen LogP contribution in [0.15, 0.2) is 24.3 Å². The maximum absolute atomic E-state index is 12.0. The fourth-order valence-electron chi connectivity index (χ4n) is 2.69. The van der Waals surface area contributed by atoms with Crippen molar-refractivity contribution in [3.8, 4) is 0 Å². The molecule has 0 aromatic heterocycles. The second-order valence-corrected chi connectivity index (χ2v) is 5.20. The lowest BCUT2D eigenvalue weighted by Gasteiger charge is -2.19. The average Bonchev–Trinajstić information content (AvgIpc) is 2.86. The van der Waals surface area contributed by atoms with Crippen LogP contribution < -0.4 is 11.1 Å². The number of rotatable bonds is 5. The molecule has 1 saturated carbocycles. The molecule has 6 heteroatoms. The highest BCUT2D eigenvalue weighted by Crippen LogP contribution is 2.24. The highest BCUT2D eigenvalue weighted by atomic mass is 16.6. The van der Waals surface area contributed by atoms with Crippen molar-refractivity contribution in [2.45, 2.75) is 31.7 Å². The number of nitrogens with one attached hydrogen (secondary N) is 1. The number of non-ortho nitro benzene ring substituents is 1. The SMILES string of the molecule is NCC1CCCC1NC(=O)Cc1ccc([N+](=O)[O-])cc1. The van der Waals surface area contributed by atoms with E-state index < -0.39 is 4.92 Å². The van der Waals surface area contributed by atoms with Crippen LogP contribution in [0.2, 0.25) is 0 Å². The van der Waals surface area contributed by atoms with Gasteiger partial charge < -0.3 is 11.1 Å². The van der Waals surface area contributed by atoms with Crippen LogP contribution in [0, 0.1) is 16.0 Å². The minimum absolute atomic E-state index is 0.0353. The van der Waals surface area contributed by atoms with Gasteiger partial charge in [0.15, 0.2) is 0 Å². The highest BCUT2D eigenvalue weighted by molar-refractivity contribution is 5.79. The minimum Gasteiger partial charge on any atom is -0.353 e. The van der Waals surface area contributed by atoms with E-state index in [0.717, 1.165) is 24.8 Å². The Balaban J connectivity index is 1.89. The number of nitro groups is 1. The zero-order valence-electron chi connectivity index (χ0n) is 11.2. The first kappa shape index (κ1) is 14.5. The van der Waals surface area contributed by atoms with Crippen LogP contribution in [-0.2, 0) is 11.2 Å². The summed E-state index contributed by atoms with van der Waals surface area (Å²) < 4.78 is 0. The van der Waals surface area contributed by atoms with Crippen LogP contribution in [0.1, 0.15) is 24.8 Å². The lowest BCUT2D eigenvalue weighted by Crippen LogP contribution is -2.40. The first-order valence-electron chi connectivity index (χ1n) is 6.83. The molecule has 1 aromatic rings. The van der Waals surface area contributed by atoms with Gasteiger partial charge in [-0.25, -0.2) is 0 Å². The van der Waals surface area contributed by atoms with Gasteiger partial charge in [-0.05, 0) is 30.9 Å². The van der Waals surface area contributed by atoms with Gasteiger partial charge in [0.2, 0.25) is 5.91 Å². The zero-order chi connectivity index (χ0) is 14.5. The van der Waals surface area contributed by atoms with Crippen molar-refractivity contribution in [2.24, 2.45) is 11.7 Å². The van der Waals surface area contributed by atoms with Crippen LogP contribution in [0.3, 0.4) is 0 Å². The molecule has 6 nitrogen and oxygen atoms in total. The Kier molecular flexibility index (Phi) is 4.68. The first-order chi connectivity index (χ1) is 9.60. The van der Waals surface area contributed by atoms with Crippen LogP contribution in [0.25, 0.3) is 0 Å². The summed E-state index contributed by atoms with van der Waals surface area (Å²) in [6.45, 7) is 0.600. The summed E-state index contributed by atoms with van der Waals surface area (Å²) in [4.78, 5) is 22.1. The molecule has 3 N–H and O–H groups in total. The fourth-order valence-corrected chi connectivity index (χ4v) is 2.69. The van der Waals surface area contributed by atoms with E-state index in [1.807, 2.05) is 0 Å². The molecular weight excluding hydrogens is 258 g/mol. The highest BCUT2D eigenvalue weighted by Gasteiger charge is 2.27. The van der Waals surface area contributed by atoms with Gasteiger partial charge in [-0.15, -0.1) is 0 Å². The molecule has 1 aliphatic carbocycles. The third kappa shape index (κ3) is 3.54. The van der Waals surface area contributed by atoms with Crippen molar-refractivity contribution >= 4 is 11.6 Å². The molecule has 0 saturated heterocycles. The Morgan fingerprint density at radius 3 is 2.65 bits per heavy atom. The monoisotopic (exact) mass is 277 g/mol. The molecule has 0 aliphatic heterocycles. The molecule has 2 rings (SSSR count). The maximum Gasteiger partial charge on any atom is 0.269 e. The van der Waals surface area contributed by atoms with Gasteiger partial charge in [0.1, 0.15) is 0 Å². The Hall–Kier alpha value is -1.95. The standard InChI is InChI=1S/C14H19N3O3/c15-9-11-2-1-3-13(11)16-14(18)8-10-4-6-12(7-5-10)17(19)20/h4-7,11,13H,1-3,8-9,15H2,(H,16,18). The van der Waals surface area contributed by atoms with Crippen molar-refractivity contribution in [2.75, 3.05) is 6.54 Å². The summed E-state index contributed by atoms with van der Waals surface area (Å²) >= 11 is 0. The van der Waals surface area contributed by atoms with Crippen molar-refractivity contribution < 1.29 is 9.72 Å². The lowest BCUT2D eigenvalue weighted by molar-refractivity contribution is -0.384. The largest absolute Gasteiger partial charge is 0.353 e. The van der Waals surface area contributed by atoms with Crippen LogP contribution in [-0.4, -0.2) is 23.4 Å². The molecule has 1 amide bonds. The molecule has 108 valence electrons. The smallest absolute Gasteiger partial charge is 0.269 e. The predicted molar refractivity (Wildman–Crippen MR) is 75.1 cm³/mol. The number of amides is 1. The van der Waals surface area contributed by atoms with Gasteiger partial charge in [-0.3, -0.25) is 14.9 Å². The number of benzene rings is 1.